The van der Waals surface area contributed by atoms with Crippen LogP contribution in [0.15, 0.2) is 24.3 Å². The van der Waals surface area contributed by atoms with Gasteiger partial charge in [0.1, 0.15) is 5.75 Å². The van der Waals surface area contributed by atoms with Gasteiger partial charge >= 0.3 is 0 Å². The maximum absolute atomic E-state index is 6.34. The van der Waals surface area contributed by atoms with Crippen LogP contribution < -0.4 is 10.5 Å². The van der Waals surface area contributed by atoms with E-state index in [-0.39, 0.29) is 6.04 Å². The van der Waals surface area contributed by atoms with Gasteiger partial charge in [-0.05, 0) is 56.5 Å². The third-order valence-electron chi connectivity index (χ3n) is 4.18. The smallest absolute Gasteiger partial charge is 0.119 e. The van der Waals surface area contributed by atoms with Crippen molar-refractivity contribution in [3.05, 3.63) is 29.8 Å². The summed E-state index contributed by atoms with van der Waals surface area (Å²) < 4.78 is 10.7. The number of rotatable bonds is 7. The molecule has 118 valence electrons. The molecule has 2 rings (SSSR count). The zero-order chi connectivity index (χ0) is 15.1. The Bertz CT molecular complexity index is 400. The molecule has 4 heteroatoms. The third kappa shape index (κ3) is 4.99. The average molecular weight is 292 g/mol. The Kier molecular flexibility index (Phi) is 6.49. The molecule has 0 aromatic heterocycles. The Labute approximate surface area is 128 Å². The lowest BCUT2D eigenvalue weighted by atomic mass is 9.97. The Balaban J connectivity index is 1.80. The fourth-order valence-corrected chi connectivity index (χ4v) is 2.93. The van der Waals surface area contributed by atoms with E-state index in [1.54, 1.807) is 7.11 Å². The van der Waals surface area contributed by atoms with Crippen molar-refractivity contribution in [1.29, 1.82) is 0 Å². The van der Waals surface area contributed by atoms with Crippen LogP contribution in [0, 0.1) is 5.92 Å². The van der Waals surface area contributed by atoms with Gasteiger partial charge in [-0.15, -0.1) is 0 Å². The summed E-state index contributed by atoms with van der Waals surface area (Å²) >= 11 is 0. The molecule has 1 atom stereocenters. The van der Waals surface area contributed by atoms with Crippen molar-refractivity contribution in [3.8, 4) is 5.75 Å². The number of piperidine rings is 1. The second kappa shape index (κ2) is 8.37. The van der Waals surface area contributed by atoms with Gasteiger partial charge in [0.2, 0.25) is 0 Å². The van der Waals surface area contributed by atoms with Crippen molar-refractivity contribution < 1.29 is 9.47 Å². The lowest BCUT2D eigenvalue weighted by Gasteiger charge is -2.33. The zero-order valence-electron chi connectivity index (χ0n) is 13.3. The molecule has 4 nitrogen and oxygen atoms in total. The van der Waals surface area contributed by atoms with Crippen LogP contribution in [0.4, 0.5) is 0 Å². The molecule has 1 heterocycles. The Hall–Kier alpha value is -1.10. The fourth-order valence-electron chi connectivity index (χ4n) is 2.93. The van der Waals surface area contributed by atoms with Crippen molar-refractivity contribution in [2.45, 2.75) is 25.8 Å². The lowest BCUT2D eigenvalue weighted by Crippen LogP contribution is -2.39. The molecule has 0 saturated carbocycles. The summed E-state index contributed by atoms with van der Waals surface area (Å²) in [6, 6.07) is 8.23. The van der Waals surface area contributed by atoms with E-state index in [1.807, 2.05) is 19.1 Å². The zero-order valence-corrected chi connectivity index (χ0v) is 13.3. The highest BCUT2D eigenvalue weighted by Crippen LogP contribution is 2.21. The highest BCUT2D eigenvalue weighted by Gasteiger charge is 2.20. The predicted molar refractivity (Wildman–Crippen MR) is 85.6 cm³/mol. The molecule has 0 spiro atoms. The van der Waals surface area contributed by atoms with Crippen molar-refractivity contribution in [1.82, 2.24) is 4.90 Å². The third-order valence-corrected chi connectivity index (χ3v) is 4.18. The topological polar surface area (TPSA) is 47.7 Å². The number of benzene rings is 1. The number of hydrogen-bond acceptors (Lipinski definition) is 4. The van der Waals surface area contributed by atoms with Gasteiger partial charge in [0.15, 0.2) is 0 Å². The minimum Gasteiger partial charge on any atom is -0.494 e. The summed E-state index contributed by atoms with van der Waals surface area (Å²) in [5, 5.41) is 0. The van der Waals surface area contributed by atoms with E-state index in [9.17, 15) is 0 Å². The van der Waals surface area contributed by atoms with E-state index >= 15 is 0 Å². The summed E-state index contributed by atoms with van der Waals surface area (Å²) in [6.45, 7) is 6.75. The monoisotopic (exact) mass is 292 g/mol. The molecule has 0 amide bonds. The first-order chi connectivity index (χ1) is 10.2. The number of nitrogens with two attached hydrogens (primary N) is 1. The Morgan fingerprint density at radius 2 is 1.90 bits per heavy atom. The quantitative estimate of drug-likeness (QED) is 0.838. The molecule has 0 aliphatic carbocycles. The normalized spacial score (nSPS) is 18.6. The summed E-state index contributed by atoms with van der Waals surface area (Å²) in [6.07, 6.45) is 2.42. The molecule has 1 saturated heterocycles. The van der Waals surface area contributed by atoms with Crippen molar-refractivity contribution in [2.75, 3.05) is 40.0 Å². The first-order valence-electron chi connectivity index (χ1n) is 7.92. The van der Waals surface area contributed by atoms with Gasteiger partial charge in [0.25, 0.3) is 0 Å². The minimum atomic E-state index is 0.0691. The molecule has 1 aliphatic rings. The highest BCUT2D eigenvalue weighted by atomic mass is 16.5. The first-order valence-corrected chi connectivity index (χ1v) is 7.92. The van der Waals surface area contributed by atoms with Crippen LogP contribution in [0.1, 0.15) is 31.4 Å². The van der Waals surface area contributed by atoms with E-state index < -0.39 is 0 Å². The molecule has 2 N–H and O–H groups in total. The predicted octanol–water partition coefficient (Wildman–Crippen LogP) is 2.44. The van der Waals surface area contributed by atoms with Gasteiger partial charge in [-0.3, -0.25) is 0 Å². The Morgan fingerprint density at radius 1 is 1.24 bits per heavy atom. The first kappa shape index (κ1) is 16.3. The number of likely N-dealkylation sites (tertiary alicyclic amines) is 1. The molecule has 1 aromatic carbocycles. The Morgan fingerprint density at radius 3 is 2.48 bits per heavy atom. The molecule has 0 bridgehead atoms. The van der Waals surface area contributed by atoms with Gasteiger partial charge in [-0.2, -0.15) is 0 Å². The van der Waals surface area contributed by atoms with Crippen molar-refractivity contribution >= 4 is 0 Å². The van der Waals surface area contributed by atoms with Crippen molar-refractivity contribution in [2.24, 2.45) is 11.7 Å². The molecule has 0 radical (unpaired) electrons. The van der Waals surface area contributed by atoms with E-state index in [4.69, 9.17) is 15.2 Å². The van der Waals surface area contributed by atoms with E-state index in [2.05, 4.69) is 17.0 Å². The number of ether oxygens (including phenoxy) is 2. The maximum atomic E-state index is 6.34. The van der Waals surface area contributed by atoms with Crippen LogP contribution in [-0.2, 0) is 4.74 Å². The van der Waals surface area contributed by atoms with Crippen LogP contribution in [0.3, 0.4) is 0 Å². The van der Waals surface area contributed by atoms with Crippen LogP contribution in [0.25, 0.3) is 0 Å². The molecule has 1 unspecified atom stereocenters. The number of nitrogens with zero attached hydrogens (tertiary/aromatic N) is 1. The summed E-state index contributed by atoms with van der Waals surface area (Å²) in [5.41, 5.74) is 7.51. The van der Waals surface area contributed by atoms with Gasteiger partial charge in [-0.1, -0.05) is 12.1 Å². The second-order valence-electron chi connectivity index (χ2n) is 5.81. The van der Waals surface area contributed by atoms with Crippen LogP contribution in [-0.4, -0.2) is 44.9 Å². The SMILES string of the molecule is CCOc1ccc(C(N)CN2CCC(COC)CC2)cc1. The highest BCUT2D eigenvalue weighted by molar-refractivity contribution is 5.29. The minimum absolute atomic E-state index is 0.0691. The van der Waals surface area contributed by atoms with Crippen molar-refractivity contribution in [3.63, 3.8) is 0 Å². The molecule has 1 aromatic rings. The summed E-state index contributed by atoms with van der Waals surface area (Å²) in [4.78, 5) is 2.47. The second-order valence-corrected chi connectivity index (χ2v) is 5.81. The van der Waals surface area contributed by atoms with Crippen LogP contribution >= 0.6 is 0 Å². The average Bonchev–Trinajstić information content (AvgIpc) is 2.50. The van der Waals surface area contributed by atoms with Gasteiger partial charge in [0, 0.05) is 26.3 Å². The molecule has 1 fully saturated rings. The van der Waals surface area contributed by atoms with Gasteiger partial charge in [0.05, 0.1) is 6.61 Å². The lowest BCUT2D eigenvalue weighted by molar-refractivity contribution is 0.0971. The summed E-state index contributed by atoms with van der Waals surface area (Å²) in [7, 11) is 1.79. The molecule has 21 heavy (non-hydrogen) atoms. The van der Waals surface area contributed by atoms with E-state index in [0.717, 1.165) is 32.0 Å². The number of methoxy groups -OCH3 is 1. The molecular weight excluding hydrogens is 264 g/mol. The maximum Gasteiger partial charge on any atom is 0.119 e. The van der Waals surface area contributed by atoms with Gasteiger partial charge in [-0.25, -0.2) is 0 Å². The van der Waals surface area contributed by atoms with E-state index in [1.165, 1.54) is 18.4 Å². The van der Waals surface area contributed by atoms with E-state index in [0.29, 0.717) is 12.5 Å². The van der Waals surface area contributed by atoms with Crippen LogP contribution in [0.5, 0.6) is 5.75 Å². The standard InChI is InChI=1S/C17H28N2O2/c1-3-21-16-6-4-15(5-7-16)17(18)12-19-10-8-14(9-11-19)13-20-2/h4-7,14,17H,3,8-13,18H2,1-2H3. The molecular formula is C17H28N2O2. The van der Waals surface area contributed by atoms with Gasteiger partial charge < -0.3 is 20.1 Å². The van der Waals surface area contributed by atoms with Crippen LogP contribution in [0.2, 0.25) is 0 Å². The molecule has 1 aliphatic heterocycles. The largest absolute Gasteiger partial charge is 0.494 e. The summed E-state index contributed by atoms with van der Waals surface area (Å²) in [5.74, 6) is 1.63. The fraction of sp³-hybridized carbons (Fsp3) is 0.647. The number of hydrogen-bond donors (Lipinski definition) is 1.